The van der Waals surface area contributed by atoms with Crippen LogP contribution in [-0.4, -0.2) is 64.5 Å². The van der Waals surface area contributed by atoms with Crippen LogP contribution in [0.1, 0.15) is 19.6 Å². The van der Waals surface area contributed by atoms with Crippen LogP contribution in [0.3, 0.4) is 0 Å². The number of carbonyl (C=O) groups excluding carboxylic acids is 2. The first-order valence-electron chi connectivity index (χ1n) is 11.4. The molecule has 2 aromatic heterocycles. The fraction of sp³-hybridized carbons (Fsp3) is 0.360. The van der Waals surface area contributed by atoms with Crippen LogP contribution >= 0.6 is 23.2 Å². The first-order valence-corrected chi connectivity index (χ1v) is 12.2. The van der Waals surface area contributed by atoms with Gasteiger partial charge in [-0.05, 0) is 42.5 Å². The van der Waals surface area contributed by atoms with E-state index in [4.69, 9.17) is 27.6 Å². The molecule has 0 bridgehead atoms. The molecule has 10 heteroatoms. The Bertz CT molecular complexity index is 1160. The van der Waals surface area contributed by atoms with Crippen molar-refractivity contribution in [3.63, 3.8) is 0 Å². The lowest BCUT2D eigenvalue weighted by atomic mass is 10.1. The van der Waals surface area contributed by atoms with Crippen LogP contribution < -0.4 is 4.90 Å². The fourth-order valence-corrected chi connectivity index (χ4v) is 4.46. The normalized spacial score (nSPS) is 13.9. The highest BCUT2D eigenvalue weighted by Gasteiger charge is 2.27. The summed E-state index contributed by atoms with van der Waals surface area (Å²) in [7, 11) is 0. The van der Waals surface area contributed by atoms with Gasteiger partial charge in [0.25, 0.3) is 0 Å². The third-order valence-corrected chi connectivity index (χ3v) is 6.42. The number of hydrogen-bond acceptors (Lipinski definition) is 6. The van der Waals surface area contributed by atoms with Crippen molar-refractivity contribution in [3.05, 3.63) is 64.5 Å². The zero-order valence-corrected chi connectivity index (χ0v) is 21.2. The number of nitrogens with zero attached hydrogens (tertiary/aromatic N) is 5. The molecule has 35 heavy (non-hydrogen) atoms. The molecule has 0 saturated carbocycles. The molecule has 3 aromatic rings. The van der Waals surface area contributed by atoms with E-state index in [0.29, 0.717) is 47.7 Å². The second-order valence-electron chi connectivity index (χ2n) is 8.70. The largest absolute Gasteiger partial charge is 0.467 e. The van der Waals surface area contributed by atoms with Crippen molar-refractivity contribution in [2.75, 3.05) is 37.6 Å². The van der Waals surface area contributed by atoms with E-state index in [1.54, 1.807) is 40.3 Å². The highest BCUT2D eigenvalue weighted by Crippen LogP contribution is 2.29. The highest BCUT2D eigenvalue weighted by atomic mass is 35.5. The van der Waals surface area contributed by atoms with Crippen LogP contribution in [0.2, 0.25) is 10.0 Å². The monoisotopic (exact) mass is 515 g/mol. The van der Waals surface area contributed by atoms with Gasteiger partial charge in [-0.15, -0.1) is 10.2 Å². The first-order chi connectivity index (χ1) is 16.8. The molecule has 8 nitrogen and oxygen atoms in total. The summed E-state index contributed by atoms with van der Waals surface area (Å²) >= 11 is 12.3. The number of aromatic nitrogens is 2. The standard InChI is InChI=1S/C25H27Cl2N5O3/c1-17(2)25(34)32(15-19-4-3-13-35-19)16-24(33)31-11-9-30(10-12-31)23-8-7-22(28-29-23)20-6-5-18(26)14-21(20)27/h3-8,13-14,17H,9-12,15-16H2,1-2H3. The summed E-state index contributed by atoms with van der Waals surface area (Å²) in [5.74, 6) is 1.02. The predicted molar refractivity (Wildman–Crippen MR) is 135 cm³/mol. The molecule has 184 valence electrons. The van der Waals surface area contributed by atoms with Crippen LogP contribution in [0.15, 0.2) is 53.1 Å². The Labute approximate surface area is 214 Å². The van der Waals surface area contributed by atoms with E-state index in [0.717, 1.165) is 11.4 Å². The molecule has 0 aliphatic carbocycles. The molecule has 3 heterocycles. The van der Waals surface area contributed by atoms with Crippen molar-refractivity contribution in [2.45, 2.75) is 20.4 Å². The molecular formula is C25H27Cl2N5O3. The molecule has 1 saturated heterocycles. The Balaban J connectivity index is 1.35. The van der Waals surface area contributed by atoms with Gasteiger partial charge in [0.15, 0.2) is 5.82 Å². The minimum absolute atomic E-state index is 0.0219. The van der Waals surface area contributed by atoms with Gasteiger partial charge in [0.1, 0.15) is 12.3 Å². The Kier molecular flexibility index (Phi) is 7.93. The van der Waals surface area contributed by atoms with Crippen LogP contribution in [0.25, 0.3) is 11.3 Å². The van der Waals surface area contributed by atoms with E-state index >= 15 is 0 Å². The number of furan rings is 1. The quantitative estimate of drug-likeness (QED) is 0.464. The van der Waals surface area contributed by atoms with Crippen molar-refractivity contribution < 1.29 is 14.0 Å². The van der Waals surface area contributed by atoms with E-state index < -0.39 is 0 Å². The van der Waals surface area contributed by atoms with Crippen molar-refractivity contribution in [3.8, 4) is 11.3 Å². The number of amides is 2. The molecule has 2 amide bonds. The number of anilines is 1. The Hall–Kier alpha value is -3.10. The van der Waals surface area contributed by atoms with Gasteiger partial charge in [0.05, 0.1) is 23.5 Å². The number of rotatable bonds is 7. The average molecular weight is 516 g/mol. The Morgan fingerprint density at radius 3 is 2.43 bits per heavy atom. The topological polar surface area (TPSA) is 82.8 Å². The van der Waals surface area contributed by atoms with Crippen molar-refractivity contribution in [1.82, 2.24) is 20.0 Å². The zero-order chi connectivity index (χ0) is 24.9. The van der Waals surface area contributed by atoms with Crippen LogP contribution in [0.5, 0.6) is 0 Å². The van der Waals surface area contributed by atoms with Gasteiger partial charge in [-0.2, -0.15) is 0 Å². The lowest BCUT2D eigenvalue weighted by Crippen LogP contribution is -2.52. The molecule has 1 fully saturated rings. The molecule has 1 aliphatic heterocycles. The van der Waals surface area contributed by atoms with Gasteiger partial charge in [0.2, 0.25) is 11.8 Å². The summed E-state index contributed by atoms with van der Waals surface area (Å²) in [6, 6.07) is 12.6. The second kappa shape index (κ2) is 11.1. The van der Waals surface area contributed by atoms with Gasteiger partial charge in [-0.25, -0.2) is 0 Å². The number of carbonyl (C=O) groups is 2. The summed E-state index contributed by atoms with van der Waals surface area (Å²) in [4.78, 5) is 31.1. The van der Waals surface area contributed by atoms with E-state index in [-0.39, 0.29) is 30.8 Å². The molecule has 1 aliphatic rings. The third-order valence-electron chi connectivity index (χ3n) is 5.87. The second-order valence-corrected chi connectivity index (χ2v) is 9.54. The van der Waals surface area contributed by atoms with Gasteiger partial charge in [0, 0.05) is 42.7 Å². The van der Waals surface area contributed by atoms with Crippen molar-refractivity contribution in [2.24, 2.45) is 5.92 Å². The summed E-state index contributed by atoms with van der Waals surface area (Å²) in [6.07, 6.45) is 1.56. The number of benzene rings is 1. The van der Waals surface area contributed by atoms with Crippen LogP contribution in [-0.2, 0) is 16.1 Å². The molecule has 0 unspecified atom stereocenters. The highest BCUT2D eigenvalue weighted by molar-refractivity contribution is 6.36. The average Bonchev–Trinajstić information content (AvgIpc) is 3.36. The molecule has 1 aromatic carbocycles. The number of piperazine rings is 1. The summed E-state index contributed by atoms with van der Waals surface area (Å²) in [6.45, 7) is 6.27. The van der Waals surface area contributed by atoms with Gasteiger partial charge in [-0.3, -0.25) is 9.59 Å². The molecular weight excluding hydrogens is 489 g/mol. The van der Waals surface area contributed by atoms with E-state index in [1.807, 2.05) is 32.0 Å². The maximum Gasteiger partial charge on any atom is 0.242 e. The molecule has 0 atom stereocenters. The van der Waals surface area contributed by atoms with Crippen LogP contribution in [0, 0.1) is 5.92 Å². The third kappa shape index (κ3) is 6.13. The lowest BCUT2D eigenvalue weighted by molar-refractivity contribution is -0.143. The Morgan fingerprint density at radius 1 is 1.06 bits per heavy atom. The van der Waals surface area contributed by atoms with Crippen LogP contribution in [0.4, 0.5) is 5.82 Å². The Morgan fingerprint density at radius 2 is 1.83 bits per heavy atom. The van der Waals surface area contributed by atoms with Gasteiger partial charge < -0.3 is 19.1 Å². The molecule has 4 rings (SSSR count). The van der Waals surface area contributed by atoms with E-state index in [9.17, 15) is 9.59 Å². The summed E-state index contributed by atoms with van der Waals surface area (Å²) in [5.41, 5.74) is 1.43. The minimum Gasteiger partial charge on any atom is -0.467 e. The van der Waals surface area contributed by atoms with Crippen molar-refractivity contribution >= 4 is 40.8 Å². The maximum atomic E-state index is 13.0. The number of halogens is 2. The number of hydrogen-bond donors (Lipinski definition) is 0. The van der Waals surface area contributed by atoms with Crippen molar-refractivity contribution in [1.29, 1.82) is 0 Å². The summed E-state index contributed by atoms with van der Waals surface area (Å²) < 4.78 is 5.38. The molecule has 0 spiro atoms. The lowest BCUT2D eigenvalue weighted by Gasteiger charge is -2.36. The maximum absolute atomic E-state index is 13.0. The zero-order valence-electron chi connectivity index (χ0n) is 19.7. The summed E-state index contributed by atoms with van der Waals surface area (Å²) in [5, 5.41) is 9.77. The first kappa shape index (κ1) is 25.0. The molecule has 0 N–H and O–H groups in total. The SMILES string of the molecule is CC(C)C(=O)N(CC(=O)N1CCN(c2ccc(-c3ccc(Cl)cc3Cl)nn2)CC1)Cc1ccco1. The smallest absolute Gasteiger partial charge is 0.242 e. The van der Waals surface area contributed by atoms with E-state index in [1.165, 1.54) is 0 Å². The molecule has 0 radical (unpaired) electrons. The fourth-order valence-electron chi connectivity index (χ4n) is 3.95. The van der Waals surface area contributed by atoms with Gasteiger partial charge in [-0.1, -0.05) is 37.0 Å². The van der Waals surface area contributed by atoms with E-state index in [2.05, 4.69) is 15.1 Å². The minimum atomic E-state index is -0.209. The van der Waals surface area contributed by atoms with Gasteiger partial charge >= 0.3 is 0 Å². The predicted octanol–water partition coefficient (Wildman–Crippen LogP) is 4.38.